The first-order valence-electron chi connectivity index (χ1n) is 8.13. The average Bonchev–Trinajstić information content (AvgIpc) is 2.65. The SMILES string of the molecule is CN(CCC#N)c1ccc([C@H]2C(C#N)=C(N)Oc3cc(O)ccc32)cc1. The molecule has 2 aromatic carbocycles. The predicted octanol–water partition coefficient (Wildman–Crippen LogP) is 2.96. The van der Waals surface area contributed by atoms with E-state index in [4.69, 9.17) is 15.7 Å². The summed E-state index contributed by atoms with van der Waals surface area (Å²) in [6, 6.07) is 16.9. The van der Waals surface area contributed by atoms with Gasteiger partial charge in [0.15, 0.2) is 0 Å². The van der Waals surface area contributed by atoms with E-state index in [9.17, 15) is 10.4 Å². The van der Waals surface area contributed by atoms with Gasteiger partial charge in [0.1, 0.15) is 23.1 Å². The van der Waals surface area contributed by atoms with Crippen molar-refractivity contribution in [2.24, 2.45) is 5.73 Å². The van der Waals surface area contributed by atoms with Crippen molar-refractivity contribution in [2.75, 3.05) is 18.5 Å². The minimum absolute atomic E-state index is 0.0471. The van der Waals surface area contributed by atoms with E-state index >= 15 is 0 Å². The van der Waals surface area contributed by atoms with Crippen molar-refractivity contribution in [1.29, 1.82) is 10.5 Å². The summed E-state index contributed by atoms with van der Waals surface area (Å²) in [6.07, 6.45) is 0.451. The van der Waals surface area contributed by atoms with Crippen LogP contribution in [0.15, 0.2) is 53.9 Å². The number of hydrogen-bond donors (Lipinski definition) is 2. The second-order valence-electron chi connectivity index (χ2n) is 6.07. The van der Waals surface area contributed by atoms with Crippen LogP contribution in [0, 0.1) is 22.7 Å². The fraction of sp³-hybridized carbons (Fsp3) is 0.200. The van der Waals surface area contributed by atoms with Crippen molar-refractivity contribution >= 4 is 5.69 Å². The van der Waals surface area contributed by atoms with Crippen molar-refractivity contribution in [3.63, 3.8) is 0 Å². The number of fused-ring (bicyclic) bond motifs is 1. The number of rotatable bonds is 4. The Hall–Kier alpha value is -3.64. The normalized spacial score (nSPS) is 15.4. The van der Waals surface area contributed by atoms with Crippen LogP contribution in [-0.4, -0.2) is 18.7 Å². The third-order valence-electron chi connectivity index (χ3n) is 4.43. The van der Waals surface area contributed by atoms with Gasteiger partial charge in [-0.2, -0.15) is 10.5 Å². The first-order chi connectivity index (χ1) is 12.5. The van der Waals surface area contributed by atoms with Crippen LogP contribution < -0.4 is 15.4 Å². The largest absolute Gasteiger partial charge is 0.508 e. The molecule has 0 saturated carbocycles. The van der Waals surface area contributed by atoms with Crippen molar-refractivity contribution in [3.8, 4) is 23.6 Å². The molecule has 0 unspecified atom stereocenters. The maximum Gasteiger partial charge on any atom is 0.205 e. The smallest absolute Gasteiger partial charge is 0.205 e. The average molecular weight is 346 g/mol. The quantitative estimate of drug-likeness (QED) is 0.881. The van der Waals surface area contributed by atoms with Gasteiger partial charge in [-0.1, -0.05) is 18.2 Å². The third-order valence-corrected chi connectivity index (χ3v) is 4.43. The zero-order chi connectivity index (χ0) is 18.7. The molecule has 1 atom stereocenters. The van der Waals surface area contributed by atoms with Gasteiger partial charge in [0, 0.05) is 30.9 Å². The number of nitrogens with two attached hydrogens (primary N) is 1. The Labute approximate surface area is 152 Å². The van der Waals surface area contributed by atoms with Crippen molar-refractivity contribution in [1.82, 2.24) is 0 Å². The van der Waals surface area contributed by atoms with Gasteiger partial charge in [0.05, 0.1) is 18.4 Å². The van der Waals surface area contributed by atoms with Crippen LogP contribution in [-0.2, 0) is 0 Å². The summed E-state index contributed by atoms with van der Waals surface area (Å²) in [6.45, 7) is 0.644. The Bertz CT molecular complexity index is 936. The standard InChI is InChI=1S/C20H18N4O2/c1-24(10-2-9-21)14-5-3-13(4-6-14)19-16-8-7-15(25)11-18(16)26-20(23)17(19)12-22/h3-8,11,19,25H,2,10,23H2,1H3/t19-/m1/s1. The molecular weight excluding hydrogens is 328 g/mol. The maximum absolute atomic E-state index is 9.69. The first-order valence-corrected chi connectivity index (χ1v) is 8.13. The lowest BCUT2D eigenvalue weighted by atomic mass is 9.83. The van der Waals surface area contributed by atoms with Crippen LogP contribution in [0.3, 0.4) is 0 Å². The molecular formula is C20H18N4O2. The minimum Gasteiger partial charge on any atom is -0.508 e. The highest BCUT2D eigenvalue weighted by molar-refractivity contribution is 5.58. The molecule has 0 saturated heterocycles. The number of aromatic hydroxyl groups is 1. The highest BCUT2D eigenvalue weighted by Crippen LogP contribution is 2.43. The fourth-order valence-electron chi connectivity index (χ4n) is 3.06. The highest BCUT2D eigenvalue weighted by atomic mass is 16.5. The summed E-state index contributed by atoms with van der Waals surface area (Å²) in [5.41, 5.74) is 8.93. The molecule has 2 aromatic rings. The van der Waals surface area contributed by atoms with Gasteiger partial charge >= 0.3 is 0 Å². The molecule has 26 heavy (non-hydrogen) atoms. The van der Waals surface area contributed by atoms with Crippen molar-refractivity contribution in [3.05, 3.63) is 65.0 Å². The lowest BCUT2D eigenvalue weighted by molar-refractivity contribution is 0.388. The molecule has 1 aliphatic heterocycles. The molecule has 0 fully saturated rings. The Kier molecular flexibility index (Phi) is 4.68. The van der Waals surface area contributed by atoms with Gasteiger partial charge < -0.3 is 20.5 Å². The molecule has 0 radical (unpaired) electrons. The topological polar surface area (TPSA) is 106 Å². The molecule has 6 heteroatoms. The van der Waals surface area contributed by atoms with Crippen LogP contribution in [0.25, 0.3) is 0 Å². The monoisotopic (exact) mass is 346 g/mol. The van der Waals surface area contributed by atoms with Gasteiger partial charge in [-0.3, -0.25) is 0 Å². The Morgan fingerprint density at radius 1 is 1.19 bits per heavy atom. The molecule has 3 N–H and O–H groups in total. The van der Waals surface area contributed by atoms with Gasteiger partial charge in [0.25, 0.3) is 0 Å². The van der Waals surface area contributed by atoms with Crippen LogP contribution >= 0.6 is 0 Å². The molecule has 6 nitrogen and oxygen atoms in total. The van der Waals surface area contributed by atoms with E-state index in [1.54, 1.807) is 12.1 Å². The minimum atomic E-state index is -0.359. The summed E-state index contributed by atoms with van der Waals surface area (Å²) in [5.74, 6) is 0.209. The van der Waals surface area contributed by atoms with Crippen LogP contribution in [0.1, 0.15) is 23.5 Å². The summed E-state index contributed by atoms with van der Waals surface area (Å²) >= 11 is 0. The van der Waals surface area contributed by atoms with E-state index in [1.807, 2.05) is 36.2 Å². The van der Waals surface area contributed by atoms with Crippen LogP contribution in [0.2, 0.25) is 0 Å². The van der Waals surface area contributed by atoms with Gasteiger partial charge in [0.2, 0.25) is 5.88 Å². The highest BCUT2D eigenvalue weighted by Gasteiger charge is 2.30. The van der Waals surface area contributed by atoms with Gasteiger partial charge in [-0.05, 0) is 23.8 Å². The zero-order valence-electron chi connectivity index (χ0n) is 14.3. The Balaban J connectivity index is 2.00. The second-order valence-corrected chi connectivity index (χ2v) is 6.07. The number of ether oxygens (including phenoxy) is 1. The van der Waals surface area contributed by atoms with E-state index < -0.39 is 0 Å². The first kappa shape index (κ1) is 17.2. The second kappa shape index (κ2) is 7.08. The summed E-state index contributed by atoms with van der Waals surface area (Å²) in [7, 11) is 1.93. The zero-order valence-corrected chi connectivity index (χ0v) is 14.3. The van der Waals surface area contributed by atoms with Gasteiger partial charge in [-0.15, -0.1) is 0 Å². The van der Waals surface area contributed by atoms with E-state index in [0.29, 0.717) is 24.3 Å². The summed E-state index contributed by atoms with van der Waals surface area (Å²) < 4.78 is 5.51. The van der Waals surface area contributed by atoms with E-state index in [1.165, 1.54) is 6.07 Å². The Morgan fingerprint density at radius 3 is 2.58 bits per heavy atom. The number of allylic oxidation sites excluding steroid dienone is 1. The fourth-order valence-corrected chi connectivity index (χ4v) is 3.06. The molecule has 0 aliphatic carbocycles. The van der Waals surface area contributed by atoms with Gasteiger partial charge in [-0.25, -0.2) is 0 Å². The lowest BCUT2D eigenvalue weighted by Gasteiger charge is -2.27. The Morgan fingerprint density at radius 2 is 1.92 bits per heavy atom. The molecule has 0 spiro atoms. The molecule has 0 amide bonds. The molecule has 3 rings (SSSR count). The number of benzene rings is 2. The molecule has 130 valence electrons. The molecule has 1 heterocycles. The molecule has 1 aliphatic rings. The van der Waals surface area contributed by atoms with Crippen LogP contribution in [0.5, 0.6) is 11.5 Å². The van der Waals surface area contributed by atoms with E-state index in [2.05, 4.69) is 12.1 Å². The summed E-state index contributed by atoms with van der Waals surface area (Å²) in [4.78, 5) is 2.00. The lowest BCUT2D eigenvalue weighted by Crippen LogP contribution is -2.21. The third kappa shape index (κ3) is 3.13. The number of nitrogens with zero attached hydrogens (tertiary/aromatic N) is 3. The number of phenols is 1. The van der Waals surface area contributed by atoms with E-state index in [-0.39, 0.29) is 17.6 Å². The molecule has 0 bridgehead atoms. The summed E-state index contributed by atoms with van der Waals surface area (Å²) in [5, 5.41) is 28.0. The number of nitriles is 2. The number of anilines is 1. The number of phenolic OH excluding ortho intramolecular Hbond substituents is 1. The van der Waals surface area contributed by atoms with Crippen LogP contribution in [0.4, 0.5) is 5.69 Å². The number of hydrogen-bond acceptors (Lipinski definition) is 6. The maximum atomic E-state index is 9.69. The van der Waals surface area contributed by atoms with E-state index in [0.717, 1.165) is 16.8 Å². The predicted molar refractivity (Wildman–Crippen MR) is 97.3 cm³/mol. The molecule has 0 aromatic heterocycles. The van der Waals surface area contributed by atoms with Crippen molar-refractivity contribution in [2.45, 2.75) is 12.3 Å². The van der Waals surface area contributed by atoms with Crippen molar-refractivity contribution < 1.29 is 9.84 Å².